The molecule has 0 radical (unpaired) electrons. The van der Waals surface area contributed by atoms with Crippen LogP contribution in [-0.4, -0.2) is 38.1 Å². The molecule has 1 aliphatic heterocycles. The highest BCUT2D eigenvalue weighted by Crippen LogP contribution is 2.29. The maximum absolute atomic E-state index is 12.6. The third-order valence-corrected chi connectivity index (χ3v) is 4.40. The molecule has 0 spiro atoms. The summed E-state index contributed by atoms with van der Waals surface area (Å²) in [5.41, 5.74) is 1.97. The first kappa shape index (κ1) is 15.4. The summed E-state index contributed by atoms with van der Waals surface area (Å²) in [4.78, 5) is 14.5. The van der Waals surface area contributed by atoms with Crippen molar-refractivity contribution in [2.45, 2.75) is 12.3 Å². The number of benzene rings is 2. The normalized spacial score (nSPS) is 17.1. The minimum Gasteiger partial charge on any atom is -0.497 e. The van der Waals surface area contributed by atoms with Gasteiger partial charge >= 0.3 is 0 Å². The molecule has 120 valence electrons. The van der Waals surface area contributed by atoms with Gasteiger partial charge in [-0.2, -0.15) is 0 Å². The number of carbonyl (C=O) groups excluding carboxylic acids is 1. The maximum atomic E-state index is 12.6. The molecule has 2 aromatic rings. The van der Waals surface area contributed by atoms with E-state index in [4.69, 9.17) is 9.47 Å². The van der Waals surface area contributed by atoms with E-state index < -0.39 is 0 Å². The van der Waals surface area contributed by atoms with Crippen LogP contribution in [0.3, 0.4) is 0 Å². The number of rotatable bonds is 4. The summed E-state index contributed by atoms with van der Waals surface area (Å²) < 4.78 is 10.3. The Morgan fingerprint density at radius 2 is 1.52 bits per heavy atom. The van der Waals surface area contributed by atoms with Gasteiger partial charge in [-0.05, 0) is 48.4 Å². The van der Waals surface area contributed by atoms with E-state index in [9.17, 15) is 4.79 Å². The molecule has 2 aromatic carbocycles. The zero-order valence-electron chi connectivity index (χ0n) is 13.5. The Balaban J connectivity index is 1.67. The van der Waals surface area contributed by atoms with E-state index in [2.05, 4.69) is 12.1 Å². The molecule has 1 aliphatic rings. The smallest absolute Gasteiger partial charge is 0.253 e. The van der Waals surface area contributed by atoms with Gasteiger partial charge in [-0.25, -0.2) is 0 Å². The number of ether oxygens (including phenoxy) is 2. The van der Waals surface area contributed by atoms with E-state index >= 15 is 0 Å². The molecule has 1 saturated heterocycles. The second-order valence-electron chi connectivity index (χ2n) is 5.74. The van der Waals surface area contributed by atoms with Crippen molar-refractivity contribution >= 4 is 5.91 Å². The van der Waals surface area contributed by atoms with Gasteiger partial charge in [0.05, 0.1) is 14.2 Å². The zero-order chi connectivity index (χ0) is 16.2. The van der Waals surface area contributed by atoms with E-state index in [1.54, 1.807) is 14.2 Å². The minimum absolute atomic E-state index is 0.0867. The third kappa shape index (κ3) is 3.31. The number of methoxy groups -OCH3 is 2. The van der Waals surface area contributed by atoms with Crippen LogP contribution in [0.2, 0.25) is 0 Å². The predicted octanol–water partition coefficient (Wildman–Crippen LogP) is 3.33. The summed E-state index contributed by atoms with van der Waals surface area (Å²) in [7, 11) is 3.29. The van der Waals surface area contributed by atoms with Crippen molar-refractivity contribution in [2.75, 3.05) is 27.3 Å². The fraction of sp³-hybridized carbons (Fsp3) is 0.316. The Morgan fingerprint density at radius 1 is 0.957 bits per heavy atom. The average Bonchev–Trinajstić information content (AvgIpc) is 3.11. The number of hydrogen-bond acceptors (Lipinski definition) is 3. The predicted molar refractivity (Wildman–Crippen MR) is 89.2 cm³/mol. The van der Waals surface area contributed by atoms with Crippen LogP contribution in [0.25, 0.3) is 0 Å². The number of hydrogen-bond donors (Lipinski definition) is 0. The van der Waals surface area contributed by atoms with Gasteiger partial charge in [-0.15, -0.1) is 0 Å². The summed E-state index contributed by atoms with van der Waals surface area (Å²) in [6, 6.07) is 15.4. The van der Waals surface area contributed by atoms with E-state index in [-0.39, 0.29) is 5.91 Å². The number of amides is 1. The fourth-order valence-corrected chi connectivity index (χ4v) is 3.01. The fourth-order valence-electron chi connectivity index (χ4n) is 3.01. The molecule has 1 atom stereocenters. The van der Waals surface area contributed by atoms with E-state index in [1.165, 1.54) is 5.56 Å². The molecule has 3 rings (SSSR count). The van der Waals surface area contributed by atoms with Gasteiger partial charge in [0, 0.05) is 24.6 Å². The zero-order valence-corrected chi connectivity index (χ0v) is 13.5. The molecule has 0 aliphatic carbocycles. The Kier molecular flexibility index (Phi) is 4.51. The van der Waals surface area contributed by atoms with Crippen LogP contribution in [0.1, 0.15) is 28.3 Å². The van der Waals surface area contributed by atoms with Crippen LogP contribution in [-0.2, 0) is 0 Å². The van der Waals surface area contributed by atoms with Crippen LogP contribution in [0.4, 0.5) is 0 Å². The van der Waals surface area contributed by atoms with Gasteiger partial charge in [-0.3, -0.25) is 4.79 Å². The average molecular weight is 311 g/mol. The minimum atomic E-state index is 0.0867. The van der Waals surface area contributed by atoms with E-state index in [0.29, 0.717) is 11.5 Å². The molecule has 4 nitrogen and oxygen atoms in total. The van der Waals surface area contributed by atoms with Crippen molar-refractivity contribution in [3.63, 3.8) is 0 Å². The van der Waals surface area contributed by atoms with Gasteiger partial charge in [0.25, 0.3) is 5.91 Å². The molecule has 0 N–H and O–H groups in total. The third-order valence-electron chi connectivity index (χ3n) is 4.40. The highest BCUT2D eigenvalue weighted by Gasteiger charge is 2.27. The van der Waals surface area contributed by atoms with Crippen LogP contribution >= 0.6 is 0 Å². The molecular formula is C19H21NO3. The Labute approximate surface area is 136 Å². The molecule has 0 aromatic heterocycles. The molecule has 1 unspecified atom stereocenters. The Bertz CT molecular complexity index is 664. The van der Waals surface area contributed by atoms with Gasteiger partial charge in [0.2, 0.25) is 0 Å². The number of nitrogens with zero attached hydrogens (tertiary/aromatic N) is 1. The highest BCUT2D eigenvalue weighted by molar-refractivity contribution is 5.94. The first-order chi connectivity index (χ1) is 11.2. The van der Waals surface area contributed by atoms with Gasteiger partial charge in [0.1, 0.15) is 11.5 Å². The van der Waals surface area contributed by atoms with Crippen LogP contribution in [0.5, 0.6) is 11.5 Å². The van der Waals surface area contributed by atoms with Crippen molar-refractivity contribution in [2.24, 2.45) is 0 Å². The lowest BCUT2D eigenvalue weighted by molar-refractivity contribution is 0.0791. The van der Waals surface area contributed by atoms with E-state index in [0.717, 1.165) is 31.0 Å². The number of likely N-dealkylation sites (tertiary alicyclic amines) is 1. The lowest BCUT2D eigenvalue weighted by atomic mass is 9.98. The standard InChI is InChI=1S/C19H21NO3/c1-22-17-7-3-14(4-8-17)16-11-12-20(13-16)19(21)15-5-9-18(23-2)10-6-15/h3-10,16H,11-13H2,1-2H3. The van der Waals surface area contributed by atoms with Crippen molar-refractivity contribution in [1.29, 1.82) is 0 Å². The molecule has 0 saturated carbocycles. The maximum Gasteiger partial charge on any atom is 0.253 e. The monoisotopic (exact) mass is 311 g/mol. The topological polar surface area (TPSA) is 38.8 Å². The summed E-state index contributed by atoms with van der Waals surface area (Å²) in [5.74, 6) is 2.10. The summed E-state index contributed by atoms with van der Waals surface area (Å²) in [6.07, 6.45) is 0.994. The first-order valence-electron chi connectivity index (χ1n) is 7.78. The highest BCUT2D eigenvalue weighted by atomic mass is 16.5. The molecule has 1 fully saturated rings. The van der Waals surface area contributed by atoms with E-state index in [1.807, 2.05) is 41.3 Å². The lowest BCUT2D eigenvalue weighted by Gasteiger charge is -2.17. The molecule has 23 heavy (non-hydrogen) atoms. The van der Waals surface area contributed by atoms with Crippen molar-refractivity contribution in [1.82, 2.24) is 4.90 Å². The summed E-state index contributed by atoms with van der Waals surface area (Å²) >= 11 is 0. The largest absolute Gasteiger partial charge is 0.497 e. The van der Waals surface area contributed by atoms with Crippen LogP contribution < -0.4 is 9.47 Å². The van der Waals surface area contributed by atoms with Crippen molar-refractivity contribution in [3.05, 3.63) is 59.7 Å². The first-order valence-corrected chi connectivity index (χ1v) is 7.78. The Hall–Kier alpha value is -2.49. The molecule has 1 amide bonds. The number of carbonyl (C=O) groups is 1. The second-order valence-corrected chi connectivity index (χ2v) is 5.74. The molecule has 0 bridgehead atoms. The molecule has 4 heteroatoms. The lowest BCUT2D eigenvalue weighted by Crippen LogP contribution is -2.28. The van der Waals surface area contributed by atoms with Gasteiger partial charge < -0.3 is 14.4 Å². The van der Waals surface area contributed by atoms with Crippen molar-refractivity contribution in [3.8, 4) is 11.5 Å². The van der Waals surface area contributed by atoms with Gasteiger partial charge in [-0.1, -0.05) is 12.1 Å². The Morgan fingerprint density at radius 3 is 2.09 bits per heavy atom. The molecular weight excluding hydrogens is 290 g/mol. The van der Waals surface area contributed by atoms with Crippen LogP contribution in [0, 0.1) is 0 Å². The summed E-state index contributed by atoms with van der Waals surface area (Å²) in [5, 5.41) is 0. The quantitative estimate of drug-likeness (QED) is 0.869. The van der Waals surface area contributed by atoms with Crippen LogP contribution in [0.15, 0.2) is 48.5 Å². The SMILES string of the molecule is COc1ccc(C(=O)N2CCC(c3ccc(OC)cc3)C2)cc1. The van der Waals surface area contributed by atoms with Crippen molar-refractivity contribution < 1.29 is 14.3 Å². The molecule has 1 heterocycles. The summed E-state index contributed by atoms with van der Waals surface area (Å²) in [6.45, 7) is 1.55. The second kappa shape index (κ2) is 6.73. The van der Waals surface area contributed by atoms with Gasteiger partial charge in [0.15, 0.2) is 0 Å².